The van der Waals surface area contributed by atoms with Crippen LogP contribution >= 0.6 is 0 Å². The molecule has 2 aromatic heterocycles. The SMILES string of the molecule is CCC1(Oc2ccc3[nH]nc(-c4cc(N5CCN(S(C)(=O)=O)CC5)ncn4)c3c2)CC1. The molecule has 0 unspecified atom stereocenters. The van der Waals surface area contributed by atoms with E-state index in [9.17, 15) is 8.42 Å². The zero-order chi connectivity index (χ0) is 21.6. The first kappa shape index (κ1) is 20.2. The van der Waals surface area contributed by atoms with Crippen LogP contribution in [0.4, 0.5) is 5.82 Å². The lowest BCUT2D eigenvalue weighted by atomic mass is 10.1. The highest BCUT2D eigenvalue weighted by Gasteiger charge is 2.43. The normalized spacial score (nSPS) is 19.0. The minimum Gasteiger partial charge on any atom is -0.487 e. The molecule has 1 saturated carbocycles. The average molecular weight is 443 g/mol. The van der Waals surface area contributed by atoms with Gasteiger partial charge in [-0.1, -0.05) is 6.92 Å². The number of ether oxygens (including phenoxy) is 1. The number of hydrogen-bond donors (Lipinski definition) is 1. The molecule has 3 heterocycles. The van der Waals surface area contributed by atoms with Crippen molar-refractivity contribution >= 4 is 26.7 Å². The van der Waals surface area contributed by atoms with Crippen LogP contribution in [0.3, 0.4) is 0 Å². The summed E-state index contributed by atoms with van der Waals surface area (Å²) in [4.78, 5) is 10.9. The first-order chi connectivity index (χ1) is 14.9. The van der Waals surface area contributed by atoms with E-state index in [0.29, 0.717) is 26.2 Å². The predicted octanol–water partition coefficient (Wildman–Crippen LogP) is 2.42. The molecule has 0 radical (unpaired) electrons. The molecule has 2 aliphatic rings. The number of aromatic amines is 1. The Morgan fingerprint density at radius 3 is 2.58 bits per heavy atom. The van der Waals surface area contributed by atoms with Gasteiger partial charge in [-0.2, -0.15) is 9.40 Å². The van der Waals surface area contributed by atoms with Gasteiger partial charge in [-0.3, -0.25) is 5.10 Å². The summed E-state index contributed by atoms with van der Waals surface area (Å²) in [5.74, 6) is 1.62. The Kier molecular flexibility index (Phi) is 4.86. The quantitative estimate of drug-likeness (QED) is 0.625. The lowest BCUT2D eigenvalue weighted by Crippen LogP contribution is -2.48. The number of nitrogens with one attached hydrogen (secondary N) is 1. The van der Waals surface area contributed by atoms with Crippen LogP contribution in [0.5, 0.6) is 5.75 Å². The van der Waals surface area contributed by atoms with Crippen molar-refractivity contribution in [1.29, 1.82) is 0 Å². The third kappa shape index (κ3) is 3.97. The number of hydrogen-bond acceptors (Lipinski definition) is 7. The number of rotatable bonds is 6. The molecule has 1 saturated heterocycles. The molecule has 164 valence electrons. The molecule has 0 amide bonds. The van der Waals surface area contributed by atoms with Crippen molar-refractivity contribution < 1.29 is 13.2 Å². The maximum atomic E-state index is 11.8. The summed E-state index contributed by atoms with van der Waals surface area (Å²) in [5, 5.41) is 8.52. The van der Waals surface area contributed by atoms with Gasteiger partial charge >= 0.3 is 0 Å². The fraction of sp³-hybridized carbons (Fsp3) is 0.476. The van der Waals surface area contributed by atoms with Gasteiger partial charge in [-0.15, -0.1) is 0 Å². The molecule has 3 aromatic rings. The molecule has 0 spiro atoms. The summed E-state index contributed by atoms with van der Waals surface area (Å²) in [6, 6.07) is 7.90. The third-order valence-corrected chi connectivity index (χ3v) is 7.55. The monoisotopic (exact) mass is 442 g/mol. The number of nitrogens with zero attached hydrogens (tertiary/aromatic N) is 5. The second-order valence-corrected chi connectivity index (χ2v) is 10.3. The van der Waals surface area contributed by atoms with Gasteiger partial charge in [0.15, 0.2) is 0 Å². The van der Waals surface area contributed by atoms with E-state index in [1.807, 2.05) is 24.3 Å². The summed E-state index contributed by atoms with van der Waals surface area (Å²) in [6.45, 7) is 4.23. The standard InChI is InChI=1S/C21H26N6O3S/c1-3-21(6-7-21)30-15-4-5-17-16(12-15)20(25-24-17)18-13-19(23-14-22-18)26-8-10-27(11-9-26)31(2,28)29/h4-5,12-14H,3,6-11H2,1-2H3,(H,24,25). The Hall–Kier alpha value is -2.72. The van der Waals surface area contributed by atoms with Crippen LogP contribution in [0.25, 0.3) is 22.3 Å². The van der Waals surface area contributed by atoms with Gasteiger partial charge in [-0.25, -0.2) is 18.4 Å². The molecule has 0 bridgehead atoms. The molecular weight excluding hydrogens is 416 g/mol. The van der Waals surface area contributed by atoms with Crippen molar-refractivity contribution in [2.45, 2.75) is 31.8 Å². The van der Waals surface area contributed by atoms with Crippen LogP contribution in [0, 0.1) is 0 Å². The molecule has 31 heavy (non-hydrogen) atoms. The largest absolute Gasteiger partial charge is 0.487 e. The first-order valence-electron chi connectivity index (χ1n) is 10.6. The van der Waals surface area contributed by atoms with Crippen molar-refractivity contribution in [3.8, 4) is 17.1 Å². The Bertz CT molecular complexity index is 1210. The predicted molar refractivity (Wildman–Crippen MR) is 119 cm³/mol. The highest BCUT2D eigenvalue weighted by molar-refractivity contribution is 7.88. The summed E-state index contributed by atoms with van der Waals surface area (Å²) < 4.78 is 31.3. The van der Waals surface area contributed by atoms with E-state index in [0.717, 1.165) is 53.1 Å². The van der Waals surface area contributed by atoms with Crippen molar-refractivity contribution in [3.05, 3.63) is 30.6 Å². The van der Waals surface area contributed by atoms with Crippen LogP contribution in [-0.4, -0.2) is 70.9 Å². The molecule has 1 aromatic carbocycles. The maximum absolute atomic E-state index is 11.8. The lowest BCUT2D eigenvalue weighted by Gasteiger charge is -2.33. The second kappa shape index (κ2) is 7.45. The molecule has 0 atom stereocenters. The molecule has 10 heteroatoms. The number of piperazine rings is 1. The summed E-state index contributed by atoms with van der Waals surface area (Å²) in [5.41, 5.74) is 2.38. The van der Waals surface area contributed by atoms with Gasteiger partial charge in [0.05, 0.1) is 17.5 Å². The maximum Gasteiger partial charge on any atom is 0.211 e. The van der Waals surface area contributed by atoms with E-state index in [-0.39, 0.29) is 5.60 Å². The molecule has 5 rings (SSSR count). The highest BCUT2D eigenvalue weighted by atomic mass is 32.2. The smallest absolute Gasteiger partial charge is 0.211 e. The number of anilines is 1. The molecular formula is C21H26N6O3S. The number of fused-ring (bicyclic) bond motifs is 1. The Labute approximate surface area is 181 Å². The fourth-order valence-corrected chi connectivity index (χ4v) is 4.89. The number of benzene rings is 1. The van der Waals surface area contributed by atoms with Crippen LogP contribution in [0.2, 0.25) is 0 Å². The summed E-state index contributed by atoms with van der Waals surface area (Å²) in [7, 11) is -3.17. The zero-order valence-electron chi connectivity index (χ0n) is 17.7. The average Bonchev–Trinajstić information content (AvgIpc) is 3.42. The van der Waals surface area contributed by atoms with E-state index in [1.54, 1.807) is 0 Å². The van der Waals surface area contributed by atoms with E-state index in [4.69, 9.17) is 4.74 Å². The minimum absolute atomic E-state index is 0.00617. The summed E-state index contributed by atoms with van der Waals surface area (Å²) in [6.07, 6.45) is 5.98. The molecule has 1 aliphatic carbocycles. The van der Waals surface area contributed by atoms with Crippen molar-refractivity contribution in [2.24, 2.45) is 0 Å². The van der Waals surface area contributed by atoms with Crippen molar-refractivity contribution in [1.82, 2.24) is 24.5 Å². The van der Waals surface area contributed by atoms with Crippen LogP contribution in [0.1, 0.15) is 26.2 Å². The van der Waals surface area contributed by atoms with E-state index in [1.165, 1.54) is 16.9 Å². The van der Waals surface area contributed by atoms with Gasteiger partial charge in [-0.05, 0) is 37.5 Å². The number of sulfonamides is 1. The lowest BCUT2D eigenvalue weighted by molar-refractivity contribution is 0.175. The third-order valence-electron chi connectivity index (χ3n) is 6.25. The number of aromatic nitrogens is 4. The van der Waals surface area contributed by atoms with Crippen molar-refractivity contribution in [3.63, 3.8) is 0 Å². The van der Waals surface area contributed by atoms with E-state index in [2.05, 4.69) is 32.0 Å². The van der Waals surface area contributed by atoms with Gasteiger partial charge < -0.3 is 9.64 Å². The van der Waals surface area contributed by atoms with Gasteiger partial charge in [0.25, 0.3) is 0 Å². The Balaban J connectivity index is 1.41. The van der Waals surface area contributed by atoms with Gasteiger partial charge in [0, 0.05) is 37.6 Å². The van der Waals surface area contributed by atoms with Gasteiger partial charge in [0.1, 0.15) is 29.2 Å². The Morgan fingerprint density at radius 2 is 1.90 bits per heavy atom. The van der Waals surface area contributed by atoms with Crippen LogP contribution in [-0.2, 0) is 10.0 Å². The topological polar surface area (TPSA) is 104 Å². The van der Waals surface area contributed by atoms with Gasteiger partial charge in [0.2, 0.25) is 10.0 Å². The van der Waals surface area contributed by atoms with Crippen molar-refractivity contribution in [2.75, 3.05) is 37.3 Å². The number of H-pyrrole nitrogens is 1. The molecule has 1 aliphatic heterocycles. The molecule has 1 N–H and O–H groups in total. The highest BCUT2D eigenvalue weighted by Crippen LogP contribution is 2.43. The van der Waals surface area contributed by atoms with Crippen LogP contribution in [0.15, 0.2) is 30.6 Å². The fourth-order valence-electron chi connectivity index (χ4n) is 4.07. The van der Waals surface area contributed by atoms with Crippen LogP contribution < -0.4 is 9.64 Å². The molecule has 9 nitrogen and oxygen atoms in total. The summed E-state index contributed by atoms with van der Waals surface area (Å²) >= 11 is 0. The zero-order valence-corrected chi connectivity index (χ0v) is 18.5. The minimum atomic E-state index is -3.17. The Morgan fingerprint density at radius 1 is 1.13 bits per heavy atom. The molecule has 2 fully saturated rings. The first-order valence-corrected chi connectivity index (χ1v) is 12.4. The van der Waals surface area contributed by atoms with E-state index >= 15 is 0 Å². The van der Waals surface area contributed by atoms with E-state index < -0.39 is 10.0 Å². The second-order valence-electron chi connectivity index (χ2n) is 8.33.